The topological polar surface area (TPSA) is 12.4 Å². The van der Waals surface area contributed by atoms with E-state index in [0.717, 1.165) is 5.71 Å². The lowest BCUT2D eigenvalue weighted by Gasteiger charge is -1.82. The van der Waals surface area contributed by atoms with Crippen LogP contribution < -0.4 is 0 Å². The quantitative estimate of drug-likeness (QED) is 0.489. The van der Waals surface area contributed by atoms with Crippen molar-refractivity contribution in [1.82, 2.24) is 0 Å². The van der Waals surface area contributed by atoms with Crippen molar-refractivity contribution in [3.05, 3.63) is 38.1 Å². The van der Waals surface area contributed by atoms with Crippen LogP contribution in [0, 0.1) is 0 Å². The van der Waals surface area contributed by atoms with Crippen LogP contribution in [0.25, 0.3) is 0 Å². The van der Waals surface area contributed by atoms with Gasteiger partial charge in [-0.3, -0.25) is 4.99 Å². The standard InChI is InChI=1S/C7H9N/c1-4-7(5-2)8-6-3/h4-6H,1-3H2. The SMILES string of the molecule is C=CN=C(C=C)C=C. The van der Waals surface area contributed by atoms with Crippen molar-refractivity contribution in [2.75, 3.05) is 0 Å². The first-order chi connectivity index (χ1) is 3.85. The maximum atomic E-state index is 3.81. The van der Waals surface area contributed by atoms with E-state index in [1.54, 1.807) is 12.2 Å². The van der Waals surface area contributed by atoms with E-state index in [1.165, 1.54) is 6.20 Å². The van der Waals surface area contributed by atoms with E-state index in [1.807, 2.05) is 0 Å². The van der Waals surface area contributed by atoms with Crippen LogP contribution in [0.5, 0.6) is 0 Å². The summed E-state index contributed by atoms with van der Waals surface area (Å²) < 4.78 is 0. The van der Waals surface area contributed by atoms with Crippen molar-refractivity contribution in [3.63, 3.8) is 0 Å². The van der Waals surface area contributed by atoms with Gasteiger partial charge in [0.1, 0.15) is 0 Å². The van der Waals surface area contributed by atoms with Crippen LogP contribution in [0.1, 0.15) is 0 Å². The average molecular weight is 107 g/mol. The second-order valence-electron chi connectivity index (χ2n) is 1.14. The Morgan fingerprint density at radius 2 is 1.62 bits per heavy atom. The van der Waals surface area contributed by atoms with Crippen LogP contribution >= 0.6 is 0 Å². The van der Waals surface area contributed by atoms with Crippen LogP contribution in [-0.4, -0.2) is 5.71 Å². The smallest absolute Gasteiger partial charge is 0.0617 e. The molecule has 0 spiro atoms. The highest BCUT2D eigenvalue weighted by atomic mass is 14.7. The molecule has 0 amide bonds. The molecule has 0 saturated heterocycles. The van der Waals surface area contributed by atoms with Gasteiger partial charge in [-0.15, -0.1) is 0 Å². The number of nitrogens with zero attached hydrogens (tertiary/aromatic N) is 1. The second kappa shape index (κ2) is 4.06. The van der Waals surface area contributed by atoms with Crippen molar-refractivity contribution < 1.29 is 0 Å². The van der Waals surface area contributed by atoms with Gasteiger partial charge in [0.05, 0.1) is 5.71 Å². The minimum atomic E-state index is 0.750. The minimum absolute atomic E-state index is 0.750. The summed E-state index contributed by atoms with van der Waals surface area (Å²) in [4.78, 5) is 3.81. The van der Waals surface area contributed by atoms with Gasteiger partial charge in [-0.05, 0) is 12.2 Å². The van der Waals surface area contributed by atoms with Gasteiger partial charge in [-0.2, -0.15) is 0 Å². The molecule has 0 radical (unpaired) electrons. The van der Waals surface area contributed by atoms with Crippen LogP contribution in [-0.2, 0) is 0 Å². The molecule has 1 heteroatoms. The molecule has 0 unspecified atom stereocenters. The van der Waals surface area contributed by atoms with Crippen molar-refractivity contribution in [3.8, 4) is 0 Å². The molecule has 0 bridgehead atoms. The Hall–Kier alpha value is -1.11. The Morgan fingerprint density at radius 1 is 1.12 bits per heavy atom. The second-order valence-corrected chi connectivity index (χ2v) is 1.14. The molecule has 0 rings (SSSR count). The number of allylic oxidation sites excluding steroid dienone is 2. The van der Waals surface area contributed by atoms with Gasteiger partial charge in [0.15, 0.2) is 0 Å². The van der Waals surface area contributed by atoms with Crippen LogP contribution in [0.3, 0.4) is 0 Å². The monoisotopic (exact) mass is 107 g/mol. The summed E-state index contributed by atoms with van der Waals surface area (Å²) in [6.45, 7) is 10.4. The Labute approximate surface area is 49.8 Å². The highest BCUT2D eigenvalue weighted by Crippen LogP contribution is 1.80. The Bertz CT molecular complexity index is 121. The molecule has 0 saturated carbocycles. The predicted molar refractivity (Wildman–Crippen MR) is 38.0 cm³/mol. The van der Waals surface area contributed by atoms with E-state index in [9.17, 15) is 0 Å². The highest BCUT2D eigenvalue weighted by Gasteiger charge is 1.75. The Morgan fingerprint density at radius 3 is 1.75 bits per heavy atom. The van der Waals surface area contributed by atoms with Crippen LogP contribution in [0.15, 0.2) is 43.1 Å². The molecule has 1 nitrogen and oxygen atoms in total. The van der Waals surface area contributed by atoms with Gasteiger partial charge in [0, 0.05) is 6.20 Å². The lowest BCUT2D eigenvalue weighted by Crippen LogP contribution is -1.81. The summed E-state index contributed by atoms with van der Waals surface area (Å²) in [5.74, 6) is 0. The normalized spacial score (nSPS) is 7.00. The average Bonchev–Trinajstić information content (AvgIpc) is 1.83. The zero-order chi connectivity index (χ0) is 6.41. The highest BCUT2D eigenvalue weighted by molar-refractivity contribution is 6.03. The first-order valence-electron chi connectivity index (χ1n) is 2.28. The molecule has 0 atom stereocenters. The van der Waals surface area contributed by atoms with Gasteiger partial charge >= 0.3 is 0 Å². The van der Waals surface area contributed by atoms with Crippen molar-refractivity contribution in [1.29, 1.82) is 0 Å². The van der Waals surface area contributed by atoms with Gasteiger partial charge < -0.3 is 0 Å². The van der Waals surface area contributed by atoms with Crippen molar-refractivity contribution in [2.45, 2.75) is 0 Å². The van der Waals surface area contributed by atoms with E-state index in [-0.39, 0.29) is 0 Å². The summed E-state index contributed by atoms with van der Waals surface area (Å²) in [6.07, 6.45) is 4.70. The minimum Gasteiger partial charge on any atom is -0.258 e. The number of hydrogen-bond acceptors (Lipinski definition) is 1. The molecular weight excluding hydrogens is 98.1 g/mol. The first-order valence-corrected chi connectivity index (χ1v) is 2.28. The van der Waals surface area contributed by atoms with Gasteiger partial charge in [0.2, 0.25) is 0 Å². The van der Waals surface area contributed by atoms with E-state index in [0.29, 0.717) is 0 Å². The molecule has 0 aliphatic rings. The Kier molecular flexibility index (Phi) is 3.50. The third kappa shape index (κ3) is 2.13. The maximum absolute atomic E-state index is 3.81. The lowest BCUT2D eigenvalue weighted by atomic mass is 10.4. The summed E-state index contributed by atoms with van der Waals surface area (Å²) in [7, 11) is 0. The first kappa shape index (κ1) is 6.89. The summed E-state index contributed by atoms with van der Waals surface area (Å²) in [5, 5.41) is 0. The Balaban J connectivity index is 4.05. The van der Waals surface area contributed by atoms with Crippen LogP contribution in [0.4, 0.5) is 0 Å². The molecule has 0 aliphatic carbocycles. The van der Waals surface area contributed by atoms with Gasteiger partial charge in [-0.25, -0.2) is 0 Å². The zero-order valence-corrected chi connectivity index (χ0v) is 4.80. The fraction of sp³-hybridized carbons (Fsp3) is 0. The lowest BCUT2D eigenvalue weighted by molar-refractivity contribution is 1.60. The van der Waals surface area contributed by atoms with Gasteiger partial charge in [0.25, 0.3) is 0 Å². The molecule has 8 heavy (non-hydrogen) atoms. The van der Waals surface area contributed by atoms with Crippen LogP contribution in [0.2, 0.25) is 0 Å². The van der Waals surface area contributed by atoms with E-state index >= 15 is 0 Å². The molecule has 0 aliphatic heterocycles. The molecular formula is C7H9N. The number of aliphatic imine (C=N–C) groups is 1. The van der Waals surface area contributed by atoms with Gasteiger partial charge in [-0.1, -0.05) is 19.7 Å². The number of hydrogen-bond donors (Lipinski definition) is 0. The molecule has 0 heterocycles. The van der Waals surface area contributed by atoms with E-state index < -0.39 is 0 Å². The van der Waals surface area contributed by atoms with E-state index in [4.69, 9.17) is 0 Å². The van der Waals surface area contributed by atoms with E-state index in [2.05, 4.69) is 24.7 Å². The molecule has 0 N–H and O–H groups in total. The van der Waals surface area contributed by atoms with Crippen molar-refractivity contribution >= 4 is 5.71 Å². The largest absolute Gasteiger partial charge is 0.258 e. The fourth-order valence-corrected chi connectivity index (χ4v) is 0.294. The molecule has 0 aromatic heterocycles. The summed E-state index contributed by atoms with van der Waals surface area (Å²) in [6, 6.07) is 0. The third-order valence-corrected chi connectivity index (χ3v) is 0.659. The zero-order valence-electron chi connectivity index (χ0n) is 4.80. The summed E-state index contributed by atoms with van der Waals surface area (Å²) >= 11 is 0. The molecule has 42 valence electrons. The fourth-order valence-electron chi connectivity index (χ4n) is 0.294. The predicted octanol–water partition coefficient (Wildman–Crippen LogP) is 1.94. The number of rotatable bonds is 3. The summed E-state index contributed by atoms with van der Waals surface area (Å²) in [5.41, 5.74) is 0.750. The molecule has 0 aromatic rings. The molecule has 0 aromatic carbocycles. The van der Waals surface area contributed by atoms with Crippen molar-refractivity contribution in [2.24, 2.45) is 4.99 Å². The maximum Gasteiger partial charge on any atom is 0.0617 e. The molecule has 0 fully saturated rings. The third-order valence-electron chi connectivity index (χ3n) is 0.659.